The summed E-state index contributed by atoms with van der Waals surface area (Å²) >= 11 is 0. The summed E-state index contributed by atoms with van der Waals surface area (Å²) in [6, 6.07) is 36.4. The lowest BCUT2D eigenvalue weighted by molar-refractivity contribution is 1.16. The smallest absolute Gasteiger partial charge is 0.0152 e. The van der Waals surface area contributed by atoms with Gasteiger partial charge in [0.2, 0.25) is 0 Å². The summed E-state index contributed by atoms with van der Waals surface area (Å²) in [4.78, 5) is 0. The van der Waals surface area contributed by atoms with Crippen LogP contribution < -0.4 is 0 Å². The largest absolute Gasteiger partial charge is 0.0616 e. The fourth-order valence-electron chi connectivity index (χ4n) is 3.48. The number of aryl methyl sites for hydroxylation is 1. The highest BCUT2D eigenvalue weighted by molar-refractivity contribution is 5.98. The average molecular weight is 334 g/mol. The maximum Gasteiger partial charge on any atom is -0.0152 e. The van der Waals surface area contributed by atoms with E-state index < -0.39 is 0 Å². The fraction of sp³-hybridized carbons (Fsp3) is 0.0769. The van der Waals surface area contributed by atoms with Crippen LogP contribution in [0.3, 0.4) is 0 Å². The standard InChI is InChI=1S/C14H10.C12H12/c1-2-6-12-10-14-8-4-3-7-13(14)9-11(12)5-1;1-2-10-7-5-8-11-6-3-4-9-12(10)11/h1-10H;3-9H,2H2,1H3. The monoisotopic (exact) mass is 334 g/mol. The van der Waals surface area contributed by atoms with Gasteiger partial charge in [0.25, 0.3) is 0 Å². The second-order valence-electron chi connectivity index (χ2n) is 6.54. The highest BCUT2D eigenvalue weighted by Gasteiger charge is 1.96. The van der Waals surface area contributed by atoms with E-state index in [0.29, 0.717) is 0 Å². The minimum absolute atomic E-state index is 1.11. The van der Waals surface area contributed by atoms with Crippen LogP contribution >= 0.6 is 0 Å². The summed E-state index contributed by atoms with van der Waals surface area (Å²) in [5.41, 5.74) is 1.44. The molecule has 0 aromatic heterocycles. The highest BCUT2D eigenvalue weighted by atomic mass is 14.0. The Bertz CT molecular complexity index is 1060. The van der Waals surface area contributed by atoms with Crippen molar-refractivity contribution in [3.63, 3.8) is 0 Å². The van der Waals surface area contributed by atoms with Gasteiger partial charge in [-0.05, 0) is 56.4 Å². The number of hydrogen-bond donors (Lipinski definition) is 0. The molecule has 26 heavy (non-hydrogen) atoms. The zero-order valence-electron chi connectivity index (χ0n) is 15.0. The van der Waals surface area contributed by atoms with E-state index >= 15 is 0 Å². The first-order valence-corrected chi connectivity index (χ1v) is 9.19. The number of benzene rings is 5. The molecule has 0 nitrogen and oxygen atoms in total. The van der Waals surface area contributed by atoms with E-state index in [4.69, 9.17) is 0 Å². The van der Waals surface area contributed by atoms with Gasteiger partial charge in [-0.3, -0.25) is 0 Å². The maximum atomic E-state index is 2.24. The molecule has 0 aliphatic rings. The van der Waals surface area contributed by atoms with Crippen molar-refractivity contribution in [2.75, 3.05) is 0 Å². The minimum atomic E-state index is 1.11. The lowest BCUT2D eigenvalue weighted by Crippen LogP contribution is -1.81. The summed E-state index contributed by atoms with van der Waals surface area (Å²) in [6.07, 6.45) is 1.11. The number of fused-ring (bicyclic) bond motifs is 3. The third-order valence-electron chi connectivity index (χ3n) is 4.87. The summed E-state index contributed by atoms with van der Waals surface area (Å²) in [7, 11) is 0. The van der Waals surface area contributed by atoms with Gasteiger partial charge >= 0.3 is 0 Å². The molecule has 126 valence electrons. The van der Waals surface area contributed by atoms with E-state index in [1.165, 1.54) is 37.9 Å². The molecule has 0 heteroatoms. The molecule has 0 spiro atoms. The molecule has 0 unspecified atom stereocenters. The molecule has 0 fully saturated rings. The third kappa shape index (κ3) is 3.32. The Labute approximate surface area is 154 Å². The molecular formula is C26H22. The lowest BCUT2D eigenvalue weighted by atomic mass is 10.0. The molecule has 0 saturated heterocycles. The van der Waals surface area contributed by atoms with E-state index in [-0.39, 0.29) is 0 Å². The van der Waals surface area contributed by atoms with Crippen LogP contribution in [0.25, 0.3) is 32.3 Å². The lowest BCUT2D eigenvalue weighted by Gasteiger charge is -2.02. The molecule has 0 bridgehead atoms. The normalized spacial score (nSPS) is 10.7. The van der Waals surface area contributed by atoms with Crippen molar-refractivity contribution in [2.45, 2.75) is 13.3 Å². The van der Waals surface area contributed by atoms with Gasteiger partial charge in [-0.1, -0.05) is 97.9 Å². The molecule has 5 aromatic rings. The van der Waals surface area contributed by atoms with Crippen molar-refractivity contribution in [3.8, 4) is 0 Å². The van der Waals surface area contributed by atoms with Gasteiger partial charge < -0.3 is 0 Å². The van der Waals surface area contributed by atoms with Crippen LogP contribution in [0.4, 0.5) is 0 Å². The Kier molecular flexibility index (Phi) is 4.66. The zero-order chi connectivity index (χ0) is 17.8. The van der Waals surface area contributed by atoms with E-state index in [1.54, 1.807) is 0 Å². The minimum Gasteiger partial charge on any atom is -0.0616 e. The Morgan fingerprint density at radius 2 is 0.885 bits per heavy atom. The molecule has 0 atom stereocenters. The van der Waals surface area contributed by atoms with Crippen molar-refractivity contribution >= 4 is 32.3 Å². The van der Waals surface area contributed by atoms with Crippen LogP contribution in [0.1, 0.15) is 12.5 Å². The van der Waals surface area contributed by atoms with Crippen molar-refractivity contribution in [1.82, 2.24) is 0 Å². The highest BCUT2D eigenvalue weighted by Crippen LogP contribution is 2.22. The van der Waals surface area contributed by atoms with E-state index in [9.17, 15) is 0 Å². The first-order chi connectivity index (χ1) is 12.8. The molecule has 0 amide bonds. The van der Waals surface area contributed by atoms with Gasteiger partial charge in [0.15, 0.2) is 0 Å². The van der Waals surface area contributed by atoms with Gasteiger partial charge in [-0.2, -0.15) is 0 Å². The summed E-state index contributed by atoms with van der Waals surface area (Å²) < 4.78 is 0. The zero-order valence-corrected chi connectivity index (χ0v) is 15.0. The predicted octanol–water partition coefficient (Wildman–Crippen LogP) is 7.40. The molecule has 0 radical (unpaired) electrons. The van der Waals surface area contributed by atoms with Crippen molar-refractivity contribution in [2.24, 2.45) is 0 Å². The maximum absolute atomic E-state index is 2.24. The molecule has 0 saturated carbocycles. The average Bonchev–Trinajstić information content (AvgIpc) is 2.72. The van der Waals surface area contributed by atoms with Crippen LogP contribution in [0.5, 0.6) is 0 Å². The van der Waals surface area contributed by atoms with Crippen LogP contribution in [-0.4, -0.2) is 0 Å². The van der Waals surface area contributed by atoms with E-state index in [2.05, 4.69) is 110 Å². The number of hydrogen-bond acceptors (Lipinski definition) is 0. The first kappa shape index (κ1) is 16.4. The Morgan fingerprint density at radius 3 is 1.38 bits per heavy atom. The van der Waals surface area contributed by atoms with Crippen molar-refractivity contribution in [3.05, 3.63) is 109 Å². The molecule has 0 N–H and O–H groups in total. The molecule has 5 rings (SSSR count). The second-order valence-corrected chi connectivity index (χ2v) is 6.54. The van der Waals surface area contributed by atoms with E-state index in [0.717, 1.165) is 6.42 Å². The van der Waals surface area contributed by atoms with Crippen LogP contribution in [0.2, 0.25) is 0 Å². The molecule has 0 aliphatic carbocycles. The summed E-state index contributed by atoms with van der Waals surface area (Å²) in [6.45, 7) is 2.20. The van der Waals surface area contributed by atoms with Crippen LogP contribution in [0.15, 0.2) is 103 Å². The fourth-order valence-corrected chi connectivity index (χ4v) is 3.48. The van der Waals surface area contributed by atoms with E-state index in [1.807, 2.05) is 0 Å². The van der Waals surface area contributed by atoms with Crippen molar-refractivity contribution < 1.29 is 0 Å². The van der Waals surface area contributed by atoms with Crippen LogP contribution in [-0.2, 0) is 6.42 Å². The van der Waals surface area contributed by atoms with Crippen molar-refractivity contribution in [1.29, 1.82) is 0 Å². The number of rotatable bonds is 1. The molecule has 0 aliphatic heterocycles. The van der Waals surface area contributed by atoms with Crippen LogP contribution in [0, 0.1) is 0 Å². The SMILES string of the molecule is CCc1cccc2ccccc12.c1ccc2cc3ccccc3cc2c1. The second kappa shape index (κ2) is 7.41. The van der Waals surface area contributed by atoms with Gasteiger partial charge in [0.05, 0.1) is 0 Å². The Balaban J connectivity index is 0.000000131. The first-order valence-electron chi connectivity index (χ1n) is 9.19. The molecular weight excluding hydrogens is 312 g/mol. The predicted molar refractivity (Wildman–Crippen MR) is 115 cm³/mol. The molecule has 5 aromatic carbocycles. The topological polar surface area (TPSA) is 0 Å². The molecule has 0 heterocycles. The van der Waals surface area contributed by atoms with Gasteiger partial charge in [-0.15, -0.1) is 0 Å². The Morgan fingerprint density at radius 1 is 0.462 bits per heavy atom. The Hall–Kier alpha value is -3.12. The quantitative estimate of drug-likeness (QED) is 0.280. The third-order valence-corrected chi connectivity index (χ3v) is 4.87. The van der Waals surface area contributed by atoms with Gasteiger partial charge in [0.1, 0.15) is 0 Å². The van der Waals surface area contributed by atoms with Gasteiger partial charge in [0, 0.05) is 0 Å². The van der Waals surface area contributed by atoms with Gasteiger partial charge in [-0.25, -0.2) is 0 Å². The summed E-state index contributed by atoms with van der Waals surface area (Å²) in [5, 5.41) is 7.98. The summed E-state index contributed by atoms with van der Waals surface area (Å²) in [5.74, 6) is 0.